The first kappa shape index (κ1) is 30.1. The van der Waals surface area contributed by atoms with Crippen LogP contribution in [0.1, 0.15) is 67.6 Å². The van der Waals surface area contributed by atoms with Crippen molar-refractivity contribution >= 4 is 25.3 Å². The lowest BCUT2D eigenvalue weighted by atomic mass is 9.67. The van der Waals surface area contributed by atoms with E-state index in [0.717, 1.165) is 23.4 Å². The maximum absolute atomic E-state index is 14.2. The van der Waals surface area contributed by atoms with Gasteiger partial charge in [-0.2, -0.15) is 0 Å². The fraction of sp³-hybridized carbons (Fsp3) is 0.290. The van der Waals surface area contributed by atoms with E-state index in [4.69, 9.17) is 20.3 Å². The normalized spacial score (nSPS) is 18.4. The quantitative estimate of drug-likeness (QED) is 0.442. The fourth-order valence-corrected chi connectivity index (χ4v) is 5.24. The Morgan fingerprint density at radius 3 is 2.00 bits per heavy atom. The molecule has 3 aromatic rings. The second-order valence-corrected chi connectivity index (χ2v) is 9.91. The van der Waals surface area contributed by atoms with E-state index in [1.54, 1.807) is 18.2 Å². The average Bonchev–Trinajstić information content (AvgIpc) is 2.91. The molecule has 0 spiro atoms. The van der Waals surface area contributed by atoms with Gasteiger partial charge < -0.3 is 20.6 Å². The smallest absolute Gasteiger partial charge is 0.248 e. The van der Waals surface area contributed by atoms with Crippen LogP contribution in [0.25, 0.3) is 11.1 Å². The number of nitrogens with one attached hydrogen (secondary N) is 1. The van der Waals surface area contributed by atoms with E-state index >= 15 is 0 Å². The van der Waals surface area contributed by atoms with E-state index in [1.165, 1.54) is 11.6 Å². The second-order valence-electron chi connectivity index (χ2n) is 9.91. The third-order valence-corrected chi connectivity index (χ3v) is 6.83. The Hall–Kier alpha value is -4.13. The van der Waals surface area contributed by atoms with E-state index in [0.29, 0.717) is 11.1 Å². The summed E-state index contributed by atoms with van der Waals surface area (Å²) in [5.41, 5.74) is 9.85. The van der Waals surface area contributed by atoms with Crippen LogP contribution in [0, 0.1) is 11.2 Å². The van der Waals surface area contributed by atoms with Crippen LogP contribution in [-0.4, -0.2) is 31.4 Å². The highest BCUT2D eigenvalue weighted by Crippen LogP contribution is 2.45. The molecule has 0 radical (unpaired) electrons. The lowest BCUT2D eigenvalue weighted by Crippen LogP contribution is -2.42. The molecule has 6 nitrogen and oxygen atoms in total. The molecule has 7 heteroatoms. The highest BCUT2D eigenvalue weighted by molar-refractivity contribution is 5.93. The molecule has 0 aliphatic carbocycles. The molecule has 1 aliphatic heterocycles. The second kappa shape index (κ2) is 13.4. The van der Waals surface area contributed by atoms with Crippen LogP contribution in [0.2, 0.25) is 0 Å². The summed E-state index contributed by atoms with van der Waals surface area (Å²) in [6.07, 6.45) is 0.789. The standard InChI is InChI=1S/C29H32FN3O.2CH2O/c1-18(24-7-5-6-8-25(24)30)32-26-17-29(3,4)27(19(2)33-26)22-13-9-20(10-14-22)21-11-15-23(16-12-21)28(31)34;2*1-2/h5-16,18-19,27H,17H2,1-4H3,(H2,31,34)(H,32,33);2*1H2/t18-,19?,27?;;/m0../s1. The number of hydrogen-bond acceptors (Lipinski definition) is 5. The van der Waals surface area contributed by atoms with Crippen molar-refractivity contribution in [1.29, 1.82) is 0 Å². The van der Waals surface area contributed by atoms with Crippen molar-refractivity contribution < 1.29 is 18.8 Å². The third kappa shape index (κ3) is 7.00. The van der Waals surface area contributed by atoms with Crippen LogP contribution in [0.15, 0.2) is 77.8 Å². The molecule has 1 heterocycles. The molecule has 1 aliphatic rings. The van der Waals surface area contributed by atoms with Gasteiger partial charge in [0.1, 0.15) is 19.4 Å². The molecular weight excluding hydrogens is 481 g/mol. The minimum atomic E-state index is -0.423. The molecular formula is C31H36FN3O3. The van der Waals surface area contributed by atoms with Gasteiger partial charge in [0.2, 0.25) is 5.91 Å². The van der Waals surface area contributed by atoms with Gasteiger partial charge >= 0.3 is 0 Å². The van der Waals surface area contributed by atoms with Crippen LogP contribution >= 0.6 is 0 Å². The molecule has 3 atom stereocenters. The van der Waals surface area contributed by atoms with Gasteiger partial charge in [0.25, 0.3) is 0 Å². The fourth-order valence-electron chi connectivity index (χ4n) is 5.24. The Morgan fingerprint density at radius 1 is 0.974 bits per heavy atom. The number of primary amides is 1. The van der Waals surface area contributed by atoms with Crippen molar-refractivity contribution in [2.45, 2.75) is 52.1 Å². The lowest BCUT2D eigenvalue weighted by Gasteiger charge is -2.42. The predicted octanol–water partition coefficient (Wildman–Crippen LogP) is 5.87. The van der Waals surface area contributed by atoms with Crippen LogP contribution < -0.4 is 11.1 Å². The van der Waals surface area contributed by atoms with E-state index in [1.807, 2.05) is 44.8 Å². The zero-order valence-electron chi connectivity index (χ0n) is 22.4. The summed E-state index contributed by atoms with van der Waals surface area (Å²) in [6, 6.07) is 22.7. The average molecular weight is 518 g/mol. The van der Waals surface area contributed by atoms with Gasteiger partial charge in [0.15, 0.2) is 0 Å². The summed E-state index contributed by atoms with van der Waals surface area (Å²) in [7, 11) is 0. The van der Waals surface area contributed by atoms with E-state index < -0.39 is 5.91 Å². The van der Waals surface area contributed by atoms with Crippen LogP contribution in [0.4, 0.5) is 4.39 Å². The van der Waals surface area contributed by atoms with Crippen LogP contribution in [0.5, 0.6) is 0 Å². The van der Waals surface area contributed by atoms with Crippen molar-refractivity contribution in [2.24, 2.45) is 16.1 Å². The number of halogens is 1. The molecule has 200 valence electrons. The molecule has 0 saturated carbocycles. The number of benzene rings is 3. The monoisotopic (exact) mass is 517 g/mol. The molecule has 0 saturated heterocycles. The Bertz CT molecular complexity index is 1240. The number of amides is 1. The topological polar surface area (TPSA) is 102 Å². The number of amidine groups is 1. The summed E-state index contributed by atoms with van der Waals surface area (Å²) in [4.78, 5) is 32.3. The van der Waals surface area contributed by atoms with Crippen molar-refractivity contribution in [3.05, 3.63) is 95.3 Å². The Morgan fingerprint density at radius 2 is 1.50 bits per heavy atom. The van der Waals surface area contributed by atoms with Gasteiger partial charge in [-0.05, 0) is 54.2 Å². The zero-order chi connectivity index (χ0) is 28.5. The number of rotatable bonds is 5. The van der Waals surface area contributed by atoms with Gasteiger partial charge in [0.05, 0.1) is 17.9 Å². The largest absolute Gasteiger partial charge is 0.367 e. The van der Waals surface area contributed by atoms with Crippen molar-refractivity contribution in [2.75, 3.05) is 0 Å². The summed E-state index contributed by atoms with van der Waals surface area (Å²) in [5, 5.41) is 3.45. The molecule has 0 bridgehead atoms. The number of aliphatic imine (C=N–C) groups is 1. The van der Waals surface area contributed by atoms with E-state index in [-0.39, 0.29) is 29.2 Å². The van der Waals surface area contributed by atoms with E-state index in [9.17, 15) is 9.18 Å². The molecule has 4 rings (SSSR count). The van der Waals surface area contributed by atoms with Gasteiger partial charge in [0, 0.05) is 23.5 Å². The van der Waals surface area contributed by atoms with Gasteiger partial charge in [-0.1, -0.05) is 68.4 Å². The molecule has 1 amide bonds. The Balaban J connectivity index is 0.00000121. The Kier molecular flexibility index (Phi) is 10.6. The molecule has 0 fully saturated rings. The highest BCUT2D eigenvalue weighted by atomic mass is 19.1. The van der Waals surface area contributed by atoms with Crippen molar-refractivity contribution in [3.63, 3.8) is 0 Å². The molecule has 2 unspecified atom stereocenters. The van der Waals surface area contributed by atoms with Gasteiger partial charge in [-0.3, -0.25) is 9.79 Å². The van der Waals surface area contributed by atoms with Crippen molar-refractivity contribution in [3.8, 4) is 11.1 Å². The number of nitrogens with two attached hydrogens (primary N) is 1. The minimum absolute atomic E-state index is 0.0247. The SMILES string of the molecule is C=O.C=O.CC1N=C(N[C@@H](C)c2ccccc2F)CC(C)(C)C1c1ccc(-c2ccc(C(N)=O)cc2)cc1. The summed E-state index contributed by atoms with van der Waals surface area (Å²) in [6.45, 7) is 12.7. The van der Waals surface area contributed by atoms with Gasteiger partial charge in [-0.25, -0.2) is 4.39 Å². The maximum Gasteiger partial charge on any atom is 0.248 e. The highest BCUT2D eigenvalue weighted by Gasteiger charge is 2.39. The minimum Gasteiger partial charge on any atom is -0.367 e. The number of nitrogens with zero attached hydrogens (tertiary/aromatic N) is 1. The molecule has 3 N–H and O–H groups in total. The summed E-state index contributed by atoms with van der Waals surface area (Å²) < 4.78 is 14.2. The summed E-state index contributed by atoms with van der Waals surface area (Å²) in [5.74, 6) is 0.561. The molecule has 38 heavy (non-hydrogen) atoms. The van der Waals surface area contributed by atoms with E-state index in [2.05, 4.69) is 50.4 Å². The molecule has 0 aromatic heterocycles. The lowest BCUT2D eigenvalue weighted by molar-refractivity contribution is -0.0987. The first-order valence-corrected chi connectivity index (χ1v) is 12.3. The first-order valence-electron chi connectivity index (χ1n) is 12.3. The zero-order valence-corrected chi connectivity index (χ0v) is 22.4. The van der Waals surface area contributed by atoms with Crippen LogP contribution in [-0.2, 0) is 9.59 Å². The third-order valence-electron chi connectivity index (χ3n) is 6.83. The van der Waals surface area contributed by atoms with Crippen LogP contribution in [0.3, 0.4) is 0 Å². The van der Waals surface area contributed by atoms with Gasteiger partial charge in [-0.15, -0.1) is 0 Å². The first-order chi connectivity index (χ1) is 18.2. The van der Waals surface area contributed by atoms with Crippen molar-refractivity contribution in [1.82, 2.24) is 5.32 Å². The Labute approximate surface area is 224 Å². The number of hydrogen-bond donors (Lipinski definition) is 2. The number of carbonyl (C=O) groups is 3. The molecule has 3 aromatic carbocycles. The predicted molar refractivity (Wildman–Crippen MR) is 151 cm³/mol. The number of carbonyl (C=O) groups excluding carboxylic acids is 3. The summed E-state index contributed by atoms with van der Waals surface area (Å²) >= 11 is 0. The maximum atomic E-state index is 14.2.